The van der Waals surface area contributed by atoms with Crippen LogP contribution in [0.3, 0.4) is 0 Å². The highest BCUT2D eigenvalue weighted by atomic mass is 31.2. The van der Waals surface area contributed by atoms with Crippen molar-refractivity contribution in [2.45, 2.75) is 71.6 Å². The zero-order chi connectivity index (χ0) is 26.1. The summed E-state index contributed by atoms with van der Waals surface area (Å²) in [5.74, 6) is -0.798. The Morgan fingerprint density at radius 3 is 2.71 bits per heavy atom. The second-order valence-electron chi connectivity index (χ2n) is 9.34. The minimum absolute atomic E-state index is 0.00281. The fourth-order valence-corrected chi connectivity index (χ4v) is 4.70. The first-order chi connectivity index (χ1) is 16.2. The zero-order valence-electron chi connectivity index (χ0n) is 20.7. The smallest absolute Gasteiger partial charge is 0.338 e. The molecule has 1 fully saturated rings. The third-order valence-corrected chi connectivity index (χ3v) is 6.49. The van der Waals surface area contributed by atoms with Gasteiger partial charge in [0.05, 0.1) is 25.6 Å². The topological polar surface area (TPSA) is 199 Å². The number of rotatable bonds is 9. The molecular weight excluding hydrogens is 481 g/mol. The molecule has 0 radical (unpaired) electrons. The molecule has 0 spiro atoms. The summed E-state index contributed by atoms with van der Waals surface area (Å²) in [5.41, 5.74) is 11.7. The van der Waals surface area contributed by atoms with Crippen LogP contribution in [0.4, 0.5) is 5.95 Å². The molecule has 0 aliphatic carbocycles. The number of fused-ring (bicyclic) bond motifs is 1. The van der Waals surface area contributed by atoms with E-state index in [2.05, 4.69) is 20.0 Å². The molecule has 2 aromatic rings. The van der Waals surface area contributed by atoms with E-state index in [1.807, 2.05) is 6.92 Å². The van der Waals surface area contributed by atoms with E-state index in [-0.39, 0.29) is 18.4 Å². The molecule has 0 aromatic carbocycles. The second-order valence-corrected chi connectivity index (χ2v) is 11.0. The monoisotopic (exact) mass is 515 g/mol. The van der Waals surface area contributed by atoms with E-state index in [1.54, 1.807) is 32.3 Å². The van der Waals surface area contributed by atoms with Crippen molar-refractivity contribution in [1.82, 2.24) is 24.6 Å². The molecule has 3 heterocycles. The number of nitrogens with two attached hydrogens (primary N) is 2. The molecule has 35 heavy (non-hydrogen) atoms. The van der Waals surface area contributed by atoms with Crippen LogP contribution in [0.25, 0.3) is 11.2 Å². The Hall–Kier alpha value is -2.35. The fraction of sp³-hybridized carbons (Fsp3) is 0.700. The molecule has 1 saturated heterocycles. The number of aliphatic hydroxyl groups is 1. The number of nitrogen functional groups attached to an aromatic ring is 1. The van der Waals surface area contributed by atoms with Crippen LogP contribution in [0, 0.1) is 5.92 Å². The van der Waals surface area contributed by atoms with Crippen molar-refractivity contribution in [3.63, 3.8) is 0 Å². The lowest BCUT2D eigenvalue weighted by Gasteiger charge is -2.25. The van der Waals surface area contributed by atoms with E-state index in [0.29, 0.717) is 17.8 Å². The minimum atomic E-state index is -3.92. The third kappa shape index (κ3) is 6.46. The Bertz CT molecular complexity index is 1110. The first kappa shape index (κ1) is 27.2. The molecule has 1 aliphatic heterocycles. The van der Waals surface area contributed by atoms with Gasteiger partial charge in [-0.05, 0) is 34.6 Å². The summed E-state index contributed by atoms with van der Waals surface area (Å²) in [6.07, 6.45) is -1.03. The summed E-state index contributed by atoms with van der Waals surface area (Å²) >= 11 is 0. The van der Waals surface area contributed by atoms with Gasteiger partial charge in [0, 0.05) is 5.92 Å². The molecular formula is C20H34N7O7P. The lowest BCUT2D eigenvalue weighted by atomic mass is 10.0. The van der Waals surface area contributed by atoms with Crippen molar-refractivity contribution in [2.24, 2.45) is 11.4 Å². The van der Waals surface area contributed by atoms with Crippen molar-refractivity contribution in [2.75, 3.05) is 18.9 Å². The highest BCUT2D eigenvalue weighted by Gasteiger charge is 2.43. The highest BCUT2D eigenvalue weighted by Crippen LogP contribution is 2.40. The average molecular weight is 516 g/mol. The van der Waals surface area contributed by atoms with Crippen LogP contribution in [0.1, 0.15) is 47.8 Å². The summed E-state index contributed by atoms with van der Waals surface area (Å²) in [6.45, 7) is 10.3. The molecule has 3 rings (SSSR count). The van der Waals surface area contributed by atoms with Gasteiger partial charge in [0.25, 0.3) is 0 Å². The number of nitrogens with zero attached hydrogens (tertiary/aromatic N) is 4. The van der Waals surface area contributed by atoms with Gasteiger partial charge < -0.3 is 29.6 Å². The van der Waals surface area contributed by atoms with Gasteiger partial charge in [0.2, 0.25) is 11.8 Å². The fourth-order valence-electron chi connectivity index (χ4n) is 3.61. The first-order valence-corrected chi connectivity index (χ1v) is 12.9. The first-order valence-electron chi connectivity index (χ1n) is 11.2. The van der Waals surface area contributed by atoms with Crippen molar-refractivity contribution in [3.8, 4) is 5.88 Å². The maximum Gasteiger partial charge on any atom is 0.338 e. The Morgan fingerprint density at radius 2 is 2.09 bits per heavy atom. The highest BCUT2D eigenvalue weighted by molar-refractivity contribution is 7.54. The molecule has 196 valence electrons. The SMILES string of the molecule is CCOc1nc(N)nc2c1ncn2C1OC(COP(N)(=O)NC(C)C(=O)OC(C)(C)C)C(O)C1C. The molecule has 0 amide bonds. The predicted molar refractivity (Wildman–Crippen MR) is 126 cm³/mol. The lowest BCUT2D eigenvalue weighted by molar-refractivity contribution is -0.156. The number of nitrogens with one attached hydrogen (secondary N) is 1. The number of imidazole rings is 1. The van der Waals surface area contributed by atoms with Gasteiger partial charge in [-0.2, -0.15) is 9.97 Å². The normalized spacial score (nSPS) is 25.4. The zero-order valence-corrected chi connectivity index (χ0v) is 21.6. The minimum Gasteiger partial charge on any atom is -0.476 e. The van der Waals surface area contributed by atoms with Crippen LogP contribution < -0.4 is 21.1 Å². The number of aliphatic hydroxyl groups excluding tert-OH is 1. The maximum absolute atomic E-state index is 12.7. The number of carbonyl (C=O) groups excluding carboxylic acids is 1. The maximum atomic E-state index is 12.7. The largest absolute Gasteiger partial charge is 0.476 e. The number of anilines is 1. The number of aromatic nitrogens is 4. The van der Waals surface area contributed by atoms with Gasteiger partial charge in [0.15, 0.2) is 11.2 Å². The molecule has 15 heteroatoms. The van der Waals surface area contributed by atoms with Crippen LogP contribution in [0.2, 0.25) is 0 Å². The number of esters is 1. The lowest BCUT2D eigenvalue weighted by Crippen LogP contribution is -2.40. The van der Waals surface area contributed by atoms with E-state index in [4.69, 9.17) is 30.0 Å². The molecule has 6 unspecified atom stereocenters. The number of hydrogen-bond acceptors (Lipinski definition) is 11. The average Bonchev–Trinajstić information content (AvgIpc) is 3.26. The van der Waals surface area contributed by atoms with Gasteiger partial charge in [-0.3, -0.25) is 13.9 Å². The molecule has 0 saturated carbocycles. The summed E-state index contributed by atoms with van der Waals surface area (Å²) < 4.78 is 36.4. The van der Waals surface area contributed by atoms with Crippen molar-refractivity contribution < 1.29 is 33.2 Å². The molecule has 14 nitrogen and oxygen atoms in total. The van der Waals surface area contributed by atoms with Gasteiger partial charge in [-0.25, -0.2) is 15.6 Å². The van der Waals surface area contributed by atoms with Gasteiger partial charge in [0.1, 0.15) is 24.0 Å². The molecule has 6 N–H and O–H groups in total. The van der Waals surface area contributed by atoms with E-state index in [0.717, 1.165) is 0 Å². The van der Waals surface area contributed by atoms with Crippen LogP contribution in [-0.4, -0.2) is 67.7 Å². The predicted octanol–water partition coefficient (Wildman–Crippen LogP) is 1.10. The van der Waals surface area contributed by atoms with Crippen LogP contribution in [-0.2, 0) is 23.4 Å². The van der Waals surface area contributed by atoms with E-state index in [9.17, 15) is 14.5 Å². The Morgan fingerprint density at radius 1 is 1.40 bits per heavy atom. The summed E-state index contributed by atoms with van der Waals surface area (Å²) in [7, 11) is -3.92. The molecule has 2 aromatic heterocycles. The number of hydrogen-bond donors (Lipinski definition) is 4. The second kappa shape index (κ2) is 10.3. The Balaban J connectivity index is 1.69. The number of ether oxygens (including phenoxy) is 3. The van der Waals surface area contributed by atoms with Crippen molar-refractivity contribution in [3.05, 3.63) is 6.33 Å². The molecule has 6 atom stereocenters. The van der Waals surface area contributed by atoms with Gasteiger partial charge in [-0.1, -0.05) is 6.92 Å². The van der Waals surface area contributed by atoms with Crippen LogP contribution in [0.5, 0.6) is 5.88 Å². The van der Waals surface area contributed by atoms with E-state index < -0.39 is 49.6 Å². The number of carbonyl (C=O) groups is 1. The van der Waals surface area contributed by atoms with E-state index >= 15 is 0 Å². The molecule has 0 bridgehead atoms. The quantitative estimate of drug-likeness (QED) is 0.274. The summed E-state index contributed by atoms with van der Waals surface area (Å²) in [5, 5.41) is 13.2. The van der Waals surface area contributed by atoms with Crippen molar-refractivity contribution >= 4 is 30.8 Å². The van der Waals surface area contributed by atoms with E-state index in [1.165, 1.54) is 13.3 Å². The van der Waals surface area contributed by atoms with Crippen molar-refractivity contribution in [1.29, 1.82) is 0 Å². The standard InChI is InChI=1S/C20H34N7O7P/c1-7-31-16-13-15(24-19(21)25-16)27(9-23-13)17-10(2)14(28)12(33-17)8-32-35(22,30)26-11(3)18(29)34-20(4,5)6/h9-12,14,17,28H,7-8H2,1-6H3,(H2,21,24,25)(H3,22,26,30). The Labute approximate surface area is 203 Å². The van der Waals surface area contributed by atoms with Gasteiger partial charge >= 0.3 is 13.6 Å². The Kier molecular flexibility index (Phi) is 8.04. The molecule has 1 aliphatic rings. The summed E-state index contributed by atoms with van der Waals surface area (Å²) in [6, 6.07) is -0.979. The summed E-state index contributed by atoms with van der Waals surface area (Å²) in [4.78, 5) is 24.8. The van der Waals surface area contributed by atoms with Gasteiger partial charge in [-0.15, -0.1) is 0 Å². The third-order valence-electron chi connectivity index (χ3n) is 5.21. The van der Waals surface area contributed by atoms with Crippen LogP contribution in [0.15, 0.2) is 6.33 Å². The van der Waals surface area contributed by atoms with Crippen LogP contribution >= 0.6 is 7.67 Å².